The lowest BCUT2D eigenvalue weighted by Crippen LogP contribution is -2.42. The van der Waals surface area contributed by atoms with Gasteiger partial charge in [-0.2, -0.15) is 0 Å². The predicted octanol–water partition coefficient (Wildman–Crippen LogP) is 5.44. The van der Waals surface area contributed by atoms with Gasteiger partial charge in [0.15, 0.2) is 0 Å². The molecule has 1 aliphatic carbocycles. The summed E-state index contributed by atoms with van der Waals surface area (Å²) in [7, 11) is 0. The highest BCUT2D eigenvalue weighted by Crippen LogP contribution is 2.50. The number of nitrogens with zero attached hydrogens (tertiary/aromatic N) is 2. The number of non-ortho nitro benzene ring substituents is 1. The van der Waals surface area contributed by atoms with Gasteiger partial charge >= 0.3 is 0 Å². The van der Waals surface area contributed by atoms with Crippen molar-refractivity contribution in [3.05, 3.63) is 81.4 Å². The summed E-state index contributed by atoms with van der Waals surface area (Å²) in [5.74, 6) is 0.593. The molecule has 2 aliphatic heterocycles. The Morgan fingerprint density at radius 2 is 2.06 bits per heavy atom. The molecule has 0 spiro atoms. The summed E-state index contributed by atoms with van der Waals surface area (Å²) in [5, 5.41) is 14.9. The Kier molecular flexibility index (Phi) is 5.00. The monoisotopic (exact) mass is 417 g/mol. The number of piperidine rings is 1. The molecule has 2 heterocycles. The van der Waals surface area contributed by atoms with Gasteiger partial charge in [-0.3, -0.25) is 14.9 Å². The van der Waals surface area contributed by atoms with Crippen molar-refractivity contribution in [3.63, 3.8) is 0 Å². The van der Waals surface area contributed by atoms with Gasteiger partial charge in [-0.25, -0.2) is 0 Å². The Morgan fingerprint density at radius 3 is 2.87 bits per heavy atom. The van der Waals surface area contributed by atoms with Crippen molar-refractivity contribution in [1.29, 1.82) is 0 Å². The zero-order valence-corrected chi connectivity index (χ0v) is 17.7. The lowest BCUT2D eigenvalue weighted by molar-refractivity contribution is -0.384. The largest absolute Gasteiger partial charge is 0.378 e. The number of nitro benzene ring substituents is 1. The first-order valence-electron chi connectivity index (χ1n) is 11.2. The van der Waals surface area contributed by atoms with E-state index in [4.69, 9.17) is 0 Å². The highest BCUT2D eigenvalue weighted by Gasteiger charge is 2.38. The smallest absolute Gasteiger partial charge is 0.269 e. The second-order valence-corrected chi connectivity index (χ2v) is 8.97. The Bertz CT molecular complexity index is 1060. The van der Waals surface area contributed by atoms with Crippen molar-refractivity contribution in [3.8, 4) is 0 Å². The van der Waals surface area contributed by atoms with E-state index >= 15 is 0 Å². The molecule has 6 nitrogen and oxygen atoms in total. The van der Waals surface area contributed by atoms with Gasteiger partial charge < -0.3 is 10.2 Å². The van der Waals surface area contributed by atoms with E-state index in [1.54, 1.807) is 12.1 Å². The number of benzene rings is 2. The number of hydrogen-bond donors (Lipinski definition) is 1. The number of fused-ring (bicyclic) bond motifs is 3. The van der Waals surface area contributed by atoms with E-state index in [1.165, 1.54) is 12.5 Å². The number of nitrogens with one attached hydrogen (secondary N) is 1. The third-order valence-corrected chi connectivity index (χ3v) is 7.11. The fourth-order valence-corrected chi connectivity index (χ4v) is 5.45. The summed E-state index contributed by atoms with van der Waals surface area (Å²) in [6.45, 7) is 2.96. The molecule has 1 fully saturated rings. The zero-order chi connectivity index (χ0) is 21.5. The van der Waals surface area contributed by atoms with Crippen LogP contribution < -0.4 is 5.32 Å². The number of hydrogen-bond acceptors (Lipinski definition) is 4. The molecule has 2 aromatic carbocycles. The minimum Gasteiger partial charge on any atom is -0.378 e. The average molecular weight is 418 g/mol. The van der Waals surface area contributed by atoms with Gasteiger partial charge in [0.05, 0.1) is 11.0 Å². The summed E-state index contributed by atoms with van der Waals surface area (Å²) in [6, 6.07) is 13.2. The van der Waals surface area contributed by atoms with E-state index in [2.05, 4.69) is 30.5 Å². The zero-order valence-electron chi connectivity index (χ0n) is 17.7. The van der Waals surface area contributed by atoms with Gasteiger partial charge in [0.2, 0.25) is 0 Å². The van der Waals surface area contributed by atoms with Crippen LogP contribution in [0.25, 0.3) is 0 Å². The standard InChI is InChI=1S/C25H27N3O3/c1-16-6-2-3-13-27(16)25(29)18-11-12-23-22(15-18)20-9-5-10-21(20)24(26-23)17-7-4-8-19(14-17)28(30)31/h4-5,7-9,11-12,14-16,20-21,24,26H,2-3,6,10,13H2,1H3/t16-,20+,21+,24+/m1/s1. The molecule has 2 aromatic rings. The first-order chi connectivity index (χ1) is 15.0. The highest BCUT2D eigenvalue weighted by molar-refractivity contribution is 5.95. The average Bonchev–Trinajstić information content (AvgIpc) is 3.28. The SMILES string of the molecule is C[C@@H]1CCCCN1C(=O)c1ccc2c(c1)[C@H]1C=CC[C@@H]1[C@H](c1cccc([N+](=O)[O-])c1)N2. The van der Waals surface area contributed by atoms with Crippen LogP contribution in [0.1, 0.15) is 66.1 Å². The van der Waals surface area contributed by atoms with Gasteiger partial charge in [0, 0.05) is 41.9 Å². The molecule has 0 unspecified atom stereocenters. The molecule has 31 heavy (non-hydrogen) atoms. The second kappa shape index (κ2) is 7.84. The Balaban J connectivity index is 1.47. The van der Waals surface area contributed by atoms with Gasteiger partial charge in [0.1, 0.15) is 0 Å². The normalized spacial score (nSPS) is 26.7. The summed E-state index contributed by atoms with van der Waals surface area (Å²) < 4.78 is 0. The van der Waals surface area contributed by atoms with Crippen LogP contribution in [0, 0.1) is 16.0 Å². The van der Waals surface area contributed by atoms with Crippen LogP contribution in [-0.2, 0) is 0 Å². The quantitative estimate of drug-likeness (QED) is 0.410. The molecule has 0 bridgehead atoms. The third-order valence-electron chi connectivity index (χ3n) is 7.11. The summed E-state index contributed by atoms with van der Waals surface area (Å²) in [5.41, 5.74) is 3.95. The van der Waals surface area contributed by atoms with Gasteiger partial charge in [-0.1, -0.05) is 24.3 Å². The highest BCUT2D eigenvalue weighted by atomic mass is 16.6. The van der Waals surface area contributed by atoms with Crippen LogP contribution in [0.2, 0.25) is 0 Å². The van der Waals surface area contributed by atoms with Crippen LogP contribution in [0.4, 0.5) is 11.4 Å². The summed E-state index contributed by atoms with van der Waals surface area (Å²) >= 11 is 0. The maximum Gasteiger partial charge on any atom is 0.269 e. The molecule has 6 heteroatoms. The number of amides is 1. The van der Waals surface area contributed by atoms with Crippen molar-refractivity contribution in [2.45, 2.75) is 50.6 Å². The summed E-state index contributed by atoms with van der Waals surface area (Å²) in [6.07, 6.45) is 8.65. The maximum atomic E-state index is 13.2. The van der Waals surface area contributed by atoms with Crippen LogP contribution in [-0.4, -0.2) is 28.3 Å². The van der Waals surface area contributed by atoms with Crippen LogP contribution >= 0.6 is 0 Å². The molecule has 0 saturated carbocycles. The van der Waals surface area contributed by atoms with Crippen LogP contribution in [0.3, 0.4) is 0 Å². The summed E-state index contributed by atoms with van der Waals surface area (Å²) in [4.78, 5) is 26.1. The fraction of sp³-hybridized carbons (Fsp3) is 0.400. The van der Waals surface area contributed by atoms with Crippen LogP contribution in [0.15, 0.2) is 54.6 Å². The van der Waals surface area contributed by atoms with Crippen molar-refractivity contribution in [2.24, 2.45) is 5.92 Å². The molecular formula is C25H27N3O3. The number of carbonyl (C=O) groups excluding carboxylic acids is 1. The molecule has 1 amide bonds. The molecule has 1 saturated heterocycles. The topological polar surface area (TPSA) is 75.5 Å². The van der Waals surface area contributed by atoms with Crippen molar-refractivity contribution < 1.29 is 9.72 Å². The molecule has 0 radical (unpaired) electrons. The number of likely N-dealkylation sites (tertiary alicyclic amines) is 1. The minimum absolute atomic E-state index is 0.00364. The van der Waals surface area contributed by atoms with E-state index in [1.807, 2.05) is 23.1 Å². The number of rotatable bonds is 3. The fourth-order valence-electron chi connectivity index (χ4n) is 5.45. The first-order valence-corrected chi connectivity index (χ1v) is 11.2. The van der Waals surface area contributed by atoms with E-state index < -0.39 is 0 Å². The predicted molar refractivity (Wildman–Crippen MR) is 120 cm³/mol. The van der Waals surface area contributed by atoms with E-state index in [-0.39, 0.29) is 40.4 Å². The minimum atomic E-state index is -0.343. The van der Waals surface area contributed by atoms with E-state index in [0.717, 1.165) is 48.2 Å². The van der Waals surface area contributed by atoms with Gasteiger partial charge in [-0.15, -0.1) is 0 Å². The molecule has 4 atom stereocenters. The third kappa shape index (κ3) is 3.50. The number of anilines is 1. The lowest BCUT2D eigenvalue weighted by Gasteiger charge is -2.38. The Labute approximate surface area is 182 Å². The van der Waals surface area contributed by atoms with E-state index in [9.17, 15) is 14.9 Å². The van der Waals surface area contributed by atoms with Crippen LogP contribution in [0.5, 0.6) is 0 Å². The molecule has 5 rings (SSSR count). The molecule has 160 valence electrons. The number of carbonyl (C=O) groups is 1. The van der Waals surface area contributed by atoms with Gasteiger partial charge in [0.25, 0.3) is 11.6 Å². The molecule has 3 aliphatic rings. The Morgan fingerprint density at radius 1 is 1.19 bits per heavy atom. The van der Waals surface area contributed by atoms with Crippen molar-refractivity contribution in [1.82, 2.24) is 4.90 Å². The first kappa shape index (κ1) is 19.8. The second-order valence-electron chi connectivity index (χ2n) is 8.97. The number of nitro groups is 1. The van der Waals surface area contributed by atoms with E-state index in [0.29, 0.717) is 0 Å². The lowest BCUT2D eigenvalue weighted by atomic mass is 9.76. The molecular weight excluding hydrogens is 390 g/mol. The number of allylic oxidation sites excluding steroid dienone is 2. The maximum absolute atomic E-state index is 13.2. The molecule has 0 aromatic heterocycles. The van der Waals surface area contributed by atoms with Crippen molar-refractivity contribution >= 4 is 17.3 Å². The molecule has 1 N–H and O–H groups in total. The van der Waals surface area contributed by atoms with Crippen molar-refractivity contribution in [2.75, 3.05) is 11.9 Å². The Hall–Kier alpha value is -3.15. The van der Waals surface area contributed by atoms with Gasteiger partial charge in [-0.05, 0) is 67.9 Å².